The quantitative estimate of drug-likeness (QED) is 0.798. The van der Waals surface area contributed by atoms with Gasteiger partial charge in [-0.1, -0.05) is 0 Å². The number of carbonyl (C=O) groups excluding carboxylic acids is 1. The predicted octanol–water partition coefficient (Wildman–Crippen LogP) is 2.49. The number of hydrogen-bond donors (Lipinski definition) is 3. The molecule has 116 valence electrons. The van der Waals surface area contributed by atoms with E-state index in [0.29, 0.717) is 0 Å². The average molecular weight is 291 g/mol. The molecule has 0 aliphatic carbocycles. The van der Waals surface area contributed by atoms with E-state index in [2.05, 4.69) is 21.6 Å². The number of aryl methyl sites for hydroxylation is 1. The van der Waals surface area contributed by atoms with E-state index in [1.54, 1.807) is 13.8 Å². The van der Waals surface area contributed by atoms with Crippen LogP contribution in [0.25, 0.3) is 0 Å². The lowest BCUT2D eigenvalue weighted by molar-refractivity contribution is 0.187. The highest BCUT2D eigenvalue weighted by molar-refractivity contribution is 5.90. The topological polar surface area (TPSA) is 64.6 Å². The van der Waals surface area contributed by atoms with Gasteiger partial charge in [0.05, 0.1) is 12.1 Å². The Labute approximate surface area is 126 Å². The summed E-state index contributed by atoms with van der Waals surface area (Å²) in [5.41, 5.74) is 2.42. The molecule has 1 aromatic carbocycles. The van der Waals surface area contributed by atoms with Crippen molar-refractivity contribution in [1.29, 1.82) is 0 Å². The van der Waals surface area contributed by atoms with Crippen LogP contribution in [0.15, 0.2) is 18.2 Å². The summed E-state index contributed by atoms with van der Waals surface area (Å²) in [5.74, 6) is 0. The molecular weight excluding hydrogens is 266 g/mol. The number of benzene rings is 1. The molecule has 0 radical (unpaired) electrons. The van der Waals surface area contributed by atoms with Crippen LogP contribution in [0.3, 0.4) is 0 Å². The number of hydrogen-bond acceptors (Lipinski definition) is 3. The van der Waals surface area contributed by atoms with Crippen molar-refractivity contribution in [3.05, 3.63) is 23.8 Å². The SMILES string of the molecule is Cc1cc(N2CCCC2)ccc1NC(=O)NC(C)(C)CO. The maximum Gasteiger partial charge on any atom is 0.319 e. The van der Waals surface area contributed by atoms with E-state index in [1.165, 1.54) is 18.5 Å². The highest BCUT2D eigenvalue weighted by Crippen LogP contribution is 2.25. The summed E-state index contributed by atoms with van der Waals surface area (Å²) in [5, 5.41) is 14.8. The molecule has 0 bridgehead atoms. The van der Waals surface area contributed by atoms with Crippen LogP contribution < -0.4 is 15.5 Å². The smallest absolute Gasteiger partial charge is 0.319 e. The number of anilines is 2. The van der Waals surface area contributed by atoms with Crippen LogP contribution in [-0.2, 0) is 0 Å². The summed E-state index contributed by atoms with van der Waals surface area (Å²) in [6.45, 7) is 7.65. The first kappa shape index (κ1) is 15.6. The second-order valence-electron chi connectivity index (χ2n) is 6.31. The largest absolute Gasteiger partial charge is 0.394 e. The van der Waals surface area contributed by atoms with Crippen molar-refractivity contribution in [1.82, 2.24) is 5.32 Å². The van der Waals surface area contributed by atoms with E-state index in [4.69, 9.17) is 0 Å². The molecule has 1 aliphatic rings. The lowest BCUT2D eigenvalue weighted by atomic mass is 10.1. The Bertz CT molecular complexity index is 508. The van der Waals surface area contributed by atoms with Crippen LogP contribution in [0.5, 0.6) is 0 Å². The molecule has 0 saturated carbocycles. The summed E-state index contributed by atoms with van der Waals surface area (Å²) < 4.78 is 0. The van der Waals surface area contributed by atoms with Gasteiger partial charge in [0.25, 0.3) is 0 Å². The summed E-state index contributed by atoms with van der Waals surface area (Å²) in [7, 11) is 0. The fourth-order valence-electron chi connectivity index (χ4n) is 2.46. The van der Waals surface area contributed by atoms with Crippen LogP contribution in [0, 0.1) is 6.92 Å². The minimum atomic E-state index is -0.631. The molecule has 3 N–H and O–H groups in total. The standard InChI is InChI=1S/C16H25N3O2/c1-12-10-13(19-8-4-5-9-19)6-7-14(12)17-15(21)18-16(2,3)11-20/h6-7,10,20H,4-5,8-9,11H2,1-3H3,(H2,17,18,21). The van der Waals surface area contributed by atoms with E-state index in [9.17, 15) is 9.90 Å². The number of aliphatic hydroxyl groups is 1. The molecule has 0 unspecified atom stereocenters. The van der Waals surface area contributed by atoms with Crippen LogP contribution in [-0.4, -0.2) is 36.4 Å². The molecule has 0 atom stereocenters. The van der Waals surface area contributed by atoms with Crippen molar-refractivity contribution >= 4 is 17.4 Å². The predicted molar refractivity (Wildman–Crippen MR) is 85.9 cm³/mol. The summed E-state index contributed by atoms with van der Waals surface area (Å²) in [4.78, 5) is 14.3. The number of nitrogens with one attached hydrogen (secondary N) is 2. The maximum absolute atomic E-state index is 11.9. The van der Waals surface area contributed by atoms with Crippen LogP contribution in [0.2, 0.25) is 0 Å². The van der Waals surface area contributed by atoms with Crippen molar-refractivity contribution < 1.29 is 9.90 Å². The van der Waals surface area contributed by atoms with E-state index in [1.807, 2.05) is 19.1 Å². The molecule has 1 aromatic rings. The highest BCUT2D eigenvalue weighted by atomic mass is 16.3. The van der Waals surface area contributed by atoms with Gasteiger partial charge >= 0.3 is 6.03 Å². The van der Waals surface area contributed by atoms with E-state index in [0.717, 1.165) is 24.3 Å². The molecule has 21 heavy (non-hydrogen) atoms. The third-order valence-electron chi connectivity index (χ3n) is 3.78. The normalized spacial score (nSPS) is 15.1. The zero-order chi connectivity index (χ0) is 15.5. The zero-order valence-electron chi connectivity index (χ0n) is 13.1. The van der Waals surface area contributed by atoms with Gasteiger partial charge in [-0.15, -0.1) is 0 Å². The lowest BCUT2D eigenvalue weighted by Gasteiger charge is -2.24. The van der Waals surface area contributed by atoms with Crippen molar-refractivity contribution in [2.24, 2.45) is 0 Å². The molecule has 1 heterocycles. The molecule has 1 saturated heterocycles. The van der Waals surface area contributed by atoms with Gasteiger partial charge in [-0.3, -0.25) is 0 Å². The first-order valence-electron chi connectivity index (χ1n) is 7.47. The summed E-state index contributed by atoms with van der Waals surface area (Å²) >= 11 is 0. The first-order valence-corrected chi connectivity index (χ1v) is 7.47. The summed E-state index contributed by atoms with van der Waals surface area (Å²) in [6, 6.07) is 5.80. The van der Waals surface area contributed by atoms with Crippen LogP contribution in [0.4, 0.5) is 16.2 Å². The molecule has 2 rings (SSSR count). The lowest BCUT2D eigenvalue weighted by Crippen LogP contribution is -2.48. The Balaban J connectivity index is 2.02. The fourth-order valence-corrected chi connectivity index (χ4v) is 2.46. The second-order valence-corrected chi connectivity index (χ2v) is 6.31. The number of rotatable bonds is 4. The maximum atomic E-state index is 11.9. The van der Waals surface area contributed by atoms with Gasteiger partial charge in [0, 0.05) is 24.5 Å². The van der Waals surface area contributed by atoms with Crippen molar-refractivity contribution in [3.63, 3.8) is 0 Å². The van der Waals surface area contributed by atoms with E-state index < -0.39 is 5.54 Å². The number of nitrogens with zero attached hydrogens (tertiary/aromatic N) is 1. The molecule has 1 aliphatic heterocycles. The minimum absolute atomic E-state index is 0.104. The molecule has 1 fully saturated rings. The number of aliphatic hydroxyl groups excluding tert-OH is 1. The minimum Gasteiger partial charge on any atom is -0.394 e. The van der Waals surface area contributed by atoms with Gasteiger partial charge in [-0.05, 0) is 57.4 Å². The third kappa shape index (κ3) is 4.11. The van der Waals surface area contributed by atoms with Gasteiger partial charge in [0.15, 0.2) is 0 Å². The van der Waals surface area contributed by atoms with Crippen LogP contribution >= 0.6 is 0 Å². The molecule has 5 nitrogen and oxygen atoms in total. The number of amides is 2. The Morgan fingerprint density at radius 1 is 1.33 bits per heavy atom. The molecule has 0 aromatic heterocycles. The molecule has 5 heteroatoms. The van der Waals surface area contributed by atoms with Crippen molar-refractivity contribution in [2.75, 3.05) is 29.9 Å². The second kappa shape index (κ2) is 6.35. The number of carbonyl (C=O) groups is 1. The van der Waals surface area contributed by atoms with E-state index in [-0.39, 0.29) is 12.6 Å². The average Bonchev–Trinajstić information content (AvgIpc) is 2.94. The Morgan fingerprint density at radius 3 is 2.57 bits per heavy atom. The first-order chi connectivity index (χ1) is 9.91. The highest BCUT2D eigenvalue weighted by Gasteiger charge is 2.19. The zero-order valence-corrected chi connectivity index (χ0v) is 13.1. The fraction of sp³-hybridized carbons (Fsp3) is 0.562. The third-order valence-corrected chi connectivity index (χ3v) is 3.78. The Hall–Kier alpha value is -1.75. The molecule has 0 spiro atoms. The van der Waals surface area contributed by atoms with Gasteiger partial charge in [-0.2, -0.15) is 0 Å². The van der Waals surface area contributed by atoms with Crippen LogP contribution in [0.1, 0.15) is 32.3 Å². The van der Waals surface area contributed by atoms with Gasteiger partial charge in [0.2, 0.25) is 0 Å². The summed E-state index contributed by atoms with van der Waals surface area (Å²) in [6.07, 6.45) is 2.50. The van der Waals surface area contributed by atoms with Crippen molar-refractivity contribution in [3.8, 4) is 0 Å². The van der Waals surface area contributed by atoms with Gasteiger partial charge in [0.1, 0.15) is 0 Å². The monoisotopic (exact) mass is 291 g/mol. The van der Waals surface area contributed by atoms with Crippen molar-refractivity contribution in [2.45, 2.75) is 39.2 Å². The Morgan fingerprint density at radius 2 is 2.00 bits per heavy atom. The Kier molecular flexibility index (Phi) is 4.73. The van der Waals surface area contributed by atoms with Gasteiger partial charge in [-0.25, -0.2) is 4.79 Å². The number of urea groups is 1. The van der Waals surface area contributed by atoms with E-state index >= 15 is 0 Å². The van der Waals surface area contributed by atoms with Gasteiger partial charge < -0.3 is 20.6 Å². The molecular formula is C16H25N3O2. The molecule has 2 amide bonds.